The maximum absolute atomic E-state index is 10.9. The van der Waals surface area contributed by atoms with Crippen molar-refractivity contribution in [3.63, 3.8) is 0 Å². The number of carboxylic acids is 1. The van der Waals surface area contributed by atoms with Crippen molar-refractivity contribution in [3.8, 4) is 11.5 Å². The highest BCUT2D eigenvalue weighted by molar-refractivity contribution is 9.10. The van der Waals surface area contributed by atoms with Crippen LogP contribution in [0.4, 0.5) is 0 Å². The summed E-state index contributed by atoms with van der Waals surface area (Å²) in [4.78, 5) is 14.8. The summed E-state index contributed by atoms with van der Waals surface area (Å²) in [6, 6.07) is 5.11. The second-order valence-electron chi connectivity index (χ2n) is 3.35. The minimum atomic E-state index is -1.12. The molecular formula is C11H7BrClNO3. The molecule has 4 nitrogen and oxygen atoms in total. The lowest BCUT2D eigenvalue weighted by Gasteiger charge is -1.99. The Bertz CT molecular complexity index is 594. The van der Waals surface area contributed by atoms with E-state index in [0.717, 1.165) is 4.47 Å². The molecule has 0 unspecified atom stereocenters. The van der Waals surface area contributed by atoms with Crippen LogP contribution >= 0.6 is 27.5 Å². The van der Waals surface area contributed by atoms with Gasteiger partial charge < -0.3 is 9.52 Å². The molecule has 0 saturated carbocycles. The molecule has 1 heterocycles. The third-order valence-electron chi connectivity index (χ3n) is 2.16. The van der Waals surface area contributed by atoms with Gasteiger partial charge in [0.1, 0.15) is 5.76 Å². The number of rotatable bonds is 2. The van der Waals surface area contributed by atoms with Gasteiger partial charge in [-0.05, 0) is 41.1 Å². The number of aryl methyl sites for hydroxylation is 1. The molecule has 2 aromatic rings. The van der Waals surface area contributed by atoms with Gasteiger partial charge in [0.05, 0.1) is 5.56 Å². The Morgan fingerprint density at radius 3 is 2.82 bits per heavy atom. The summed E-state index contributed by atoms with van der Waals surface area (Å²) in [7, 11) is 0. The Morgan fingerprint density at radius 1 is 1.53 bits per heavy atom. The Balaban J connectivity index is 2.57. The first kappa shape index (κ1) is 12.1. The molecule has 0 bridgehead atoms. The van der Waals surface area contributed by atoms with Crippen LogP contribution < -0.4 is 0 Å². The second kappa shape index (κ2) is 4.50. The normalized spacial score (nSPS) is 10.5. The SMILES string of the molecule is Cc1oc(-c2cc(Cl)ccc2Br)nc1C(=O)O. The van der Waals surface area contributed by atoms with E-state index < -0.39 is 5.97 Å². The second-order valence-corrected chi connectivity index (χ2v) is 4.64. The van der Waals surface area contributed by atoms with Gasteiger partial charge in [-0.25, -0.2) is 9.78 Å². The van der Waals surface area contributed by atoms with Crippen LogP contribution in [0.2, 0.25) is 5.02 Å². The molecule has 0 aliphatic rings. The molecule has 0 spiro atoms. The van der Waals surface area contributed by atoms with E-state index in [2.05, 4.69) is 20.9 Å². The molecule has 6 heteroatoms. The fourth-order valence-electron chi connectivity index (χ4n) is 1.37. The summed E-state index contributed by atoms with van der Waals surface area (Å²) in [6.07, 6.45) is 0. The van der Waals surface area contributed by atoms with Crippen LogP contribution in [0.15, 0.2) is 27.1 Å². The zero-order valence-electron chi connectivity index (χ0n) is 8.70. The molecule has 0 fully saturated rings. The van der Waals surface area contributed by atoms with E-state index in [1.807, 2.05) is 0 Å². The highest BCUT2D eigenvalue weighted by Gasteiger charge is 2.18. The maximum atomic E-state index is 10.9. The number of aromatic carboxylic acids is 1. The van der Waals surface area contributed by atoms with Crippen LogP contribution in [0.3, 0.4) is 0 Å². The molecule has 0 amide bonds. The predicted octanol–water partition coefficient (Wildman–Crippen LogP) is 3.76. The van der Waals surface area contributed by atoms with E-state index in [-0.39, 0.29) is 17.3 Å². The minimum Gasteiger partial charge on any atom is -0.476 e. The zero-order valence-corrected chi connectivity index (χ0v) is 11.0. The number of halogens is 2. The van der Waals surface area contributed by atoms with Crippen molar-refractivity contribution in [2.75, 3.05) is 0 Å². The summed E-state index contributed by atoms with van der Waals surface area (Å²) in [5, 5.41) is 9.41. The third kappa shape index (κ3) is 2.35. The standard InChI is InChI=1S/C11H7BrClNO3/c1-5-9(11(15)16)14-10(17-5)7-4-6(13)2-3-8(7)12/h2-4H,1H3,(H,15,16). The van der Waals surface area contributed by atoms with Gasteiger partial charge in [0.2, 0.25) is 5.89 Å². The van der Waals surface area contributed by atoms with Gasteiger partial charge in [-0.15, -0.1) is 0 Å². The number of carboxylic acid groups (broad SMARTS) is 1. The van der Waals surface area contributed by atoms with Gasteiger partial charge in [-0.3, -0.25) is 0 Å². The van der Waals surface area contributed by atoms with Crippen LogP contribution in [0, 0.1) is 6.92 Å². The largest absolute Gasteiger partial charge is 0.476 e. The van der Waals surface area contributed by atoms with Crippen LogP contribution in [-0.4, -0.2) is 16.1 Å². The van der Waals surface area contributed by atoms with Crippen molar-refractivity contribution in [3.05, 3.63) is 39.1 Å². The van der Waals surface area contributed by atoms with E-state index in [1.54, 1.807) is 25.1 Å². The number of hydrogen-bond donors (Lipinski definition) is 1. The molecule has 1 N–H and O–H groups in total. The zero-order chi connectivity index (χ0) is 12.6. The molecule has 0 atom stereocenters. The van der Waals surface area contributed by atoms with Crippen molar-refractivity contribution < 1.29 is 14.3 Å². The van der Waals surface area contributed by atoms with E-state index >= 15 is 0 Å². The number of aromatic nitrogens is 1. The number of carbonyl (C=O) groups is 1. The quantitative estimate of drug-likeness (QED) is 0.916. The van der Waals surface area contributed by atoms with Gasteiger partial charge in [0, 0.05) is 9.50 Å². The summed E-state index contributed by atoms with van der Waals surface area (Å²) in [5.74, 6) is -0.621. The lowest BCUT2D eigenvalue weighted by atomic mass is 10.2. The van der Waals surface area contributed by atoms with Gasteiger partial charge in [-0.2, -0.15) is 0 Å². The number of benzene rings is 1. The number of hydrogen-bond acceptors (Lipinski definition) is 3. The number of nitrogens with zero attached hydrogens (tertiary/aromatic N) is 1. The van der Waals surface area contributed by atoms with E-state index in [1.165, 1.54) is 0 Å². The highest BCUT2D eigenvalue weighted by atomic mass is 79.9. The highest BCUT2D eigenvalue weighted by Crippen LogP contribution is 2.31. The topological polar surface area (TPSA) is 63.3 Å². The summed E-state index contributed by atoms with van der Waals surface area (Å²) in [5.41, 5.74) is 0.528. The van der Waals surface area contributed by atoms with E-state index in [0.29, 0.717) is 10.6 Å². The van der Waals surface area contributed by atoms with Crippen LogP contribution in [0.1, 0.15) is 16.2 Å². The monoisotopic (exact) mass is 315 g/mol. The average molecular weight is 317 g/mol. The first-order valence-electron chi connectivity index (χ1n) is 4.65. The Labute approximate surface area is 110 Å². The molecule has 0 radical (unpaired) electrons. The minimum absolute atomic E-state index is 0.0909. The van der Waals surface area contributed by atoms with E-state index in [9.17, 15) is 4.79 Å². The average Bonchev–Trinajstić information content (AvgIpc) is 2.64. The fraction of sp³-hybridized carbons (Fsp3) is 0.0909. The smallest absolute Gasteiger partial charge is 0.358 e. The lowest BCUT2D eigenvalue weighted by Crippen LogP contribution is -1.98. The first-order chi connectivity index (χ1) is 7.99. The molecule has 1 aromatic heterocycles. The molecule has 88 valence electrons. The van der Waals surface area contributed by atoms with Crippen LogP contribution in [0.25, 0.3) is 11.5 Å². The van der Waals surface area contributed by atoms with Gasteiger partial charge >= 0.3 is 5.97 Å². The number of oxazole rings is 1. The lowest BCUT2D eigenvalue weighted by molar-refractivity contribution is 0.0689. The Kier molecular flexibility index (Phi) is 3.22. The summed E-state index contributed by atoms with van der Waals surface area (Å²) < 4.78 is 6.05. The molecule has 0 aliphatic carbocycles. The van der Waals surface area contributed by atoms with E-state index in [4.69, 9.17) is 21.1 Å². The summed E-state index contributed by atoms with van der Waals surface area (Å²) >= 11 is 9.20. The molecule has 0 aliphatic heterocycles. The van der Waals surface area contributed by atoms with Crippen molar-refractivity contribution in [2.24, 2.45) is 0 Å². The first-order valence-corrected chi connectivity index (χ1v) is 5.82. The van der Waals surface area contributed by atoms with Crippen LogP contribution in [0.5, 0.6) is 0 Å². The van der Waals surface area contributed by atoms with Crippen molar-refractivity contribution in [1.82, 2.24) is 4.98 Å². The predicted molar refractivity (Wildman–Crippen MR) is 66.3 cm³/mol. The third-order valence-corrected chi connectivity index (χ3v) is 3.08. The molecule has 0 saturated heterocycles. The van der Waals surface area contributed by atoms with Gasteiger partial charge in [-0.1, -0.05) is 11.6 Å². The maximum Gasteiger partial charge on any atom is 0.358 e. The van der Waals surface area contributed by atoms with Crippen LogP contribution in [-0.2, 0) is 0 Å². The molecule has 1 aromatic carbocycles. The van der Waals surface area contributed by atoms with Crippen molar-refractivity contribution in [1.29, 1.82) is 0 Å². The van der Waals surface area contributed by atoms with Crippen molar-refractivity contribution >= 4 is 33.5 Å². The summed E-state index contributed by atoms with van der Waals surface area (Å²) in [6.45, 7) is 1.55. The molecule has 2 rings (SSSR count). The Morgan fingerprint density at radius 2 is 2.24 bits per heavy atom. The Hall–Kier alpha value is -1.33. The van der Waals surface area contributed by atoms with Gasteiger partial charge in [0.25, 0.3) is 0 Å². The fourth-order valence-corrected chi connectivity index (χ4v) is 1.96. The molecular weight excluding hydrogens is 309 g/mol. The van der Waals surface area contributed by atoms with Crippen molar-refractivity contribution in [2.45, 2.75) is 6.92 Å². The molecule has 17 heavy (non-hydrogen) atoms. The van der Waals surface area contributed by atoms with Gasteiger partial charge in [0.15, 0.2) is 5.69 Å².